The molecule has 2 aromatic heterocycles. The van der Waals surface area contributed by atoms with Gasteiger partial charge in [0.1, 0.15) is 29.3 Å². The Labute approximate surface area is 222 Å². The molecule has 0 saturated carbocycles. The molecule has 1 N–H and O–H groups in total. The van der Waals surface area contributed by atoms with Crippen LogP contribution in [0.2, 0.25) is 5.02 Å². The molecule has 4 aromatic rings. The van der Waals surface area contributed by atoms with E-state index in [1.54, 1.807) is 30.5 Å². The Kier molecular flexibility index (Phi) is 6.82. The van der Waals surface area contributed by atoms with Crippen LogP contribution in [-0.4, -0.2) is 58.3 Å². The van der Waals surface area contributed by atoms with Gasteiger partial charge in [0.2, 0.25) is 0 Å². The number of piperidine rings is 1. The molecule has 0 atom stereocenters. The van der Waals surface area contributed by atoms with Gasteiger partial charge < -0.3 is 14.5 Å². The Bertz CT molecular complexity index is 1510. The minimum atomic E-state index is -0.665. The summed E-state index contributed by atoms with van der Waals surface area (Å²) in [6.07, 6.45) is 3.74. The maximum atomic E-state index is 13.6. The molecular weight excluding hydrogens is 514 g/mol. The van der Waals surface area contributed by atoms with Gasteiger partial charge in [-0.2, -0.15) is 0 Å². The van der Waals surface area contributed by atoms with E-state index in [-0.39, 0.29) is 11.7 Å². The highest BCUT2D eigenvalue weighted by Gasteiger charge is 2.30. The minimum absolute atomic E-state index is 0.0415. The van der Waals surface area contributed by atoms with Crippen molar-refractivity contribution in [2.75, 3.05) is 26.3 Å². The molecule has 0 amide bonds. The molecule has 6 rings (SSSR count). The number of likely N-dealkylation sites (tertiary alicyclic amines) is 1. The van der Waals surface area contributed by atoms with Gasteiger partial charge in [-0.15, -0.1) is 0 Å². The lowest BCUT2D eigenvalue weighted by molar-refractivity contribution is -0.0777. The van der Waals surface area contributed by atoms with E-state index in [0.29, 0.717) is 51.2 Å². The predicted molar refractivity (Wildman–Crippen MR) is 140 cm³/mol. The number of fused-ring (bicyclic) bond motifs is 1. The fraction of sp³-hybridized carbons (Fsp3) is 0.321. The van der Waals surface area contributed by atoms with Gasteiger partial charge >= 0.3 is 0 Å². The first-order valence-corrected chi connectivity index (χ1v) is 12.9. The van der Waals surface area contributed by atoms with Crippen molar-refractivity contribution in [3.05, 3.63) is 87.1 Å². The summed E-state index contributed by atoms with van der Waals surface area (Å²) in [7, 11) is 0. The number of nitrogens with one attached hydrogen (secondary N) is 1. The first-order valence-electron chi connectivity index (χ1n) is 12.5. The van der Waals surface area contributed by atoms with Crippen LogP contribution in [0.15, 0.2) is 53.5 Å². The lowest BCUT2D eigenvalue weighted by Crippen LogP contribution is -2.52. The number of H-pyrrole nitrogens is 1. The quantitative estimate of drug-likeness (QED) is 0.382. The number of halogens is 3. The van der Waals surface area contributed by atoms with Gasteiger partial charge in [-0.3, -0.25) is 14.7 Å². The van der Waals surface area contributed by atoms with Crippen LogP contribution in [-0.2, 0) is 11.2 Å². The summed E-state index contributed by atoms with van der Waals surface area (Å²) in [5.74, 6) is -0.358. The molecule has 0 unspecified atom stereocenters. The molecule has 2 aromatic carbocycles. The Morgan fingerprint density at radius 2 is 1.84 bits per heavy atom. The third-order valence-corrected chi connectivity index (χ3v) is 7.37. The van der Waals surface area contributed by atoms with Gasteiger partial charge in [0, 0.05) is 43.4 Å². The van der Waals surface area contributed by atoms with Crippen LogP contribution in [0.5, 0.6) is 5.75 Å². The van der Waals surface area contributed by atoms with Gasteiger partial charge in [0.25, 0.3) is 5.56 Å². The van der Waals surface area contributed by atoms with E-state index in [2.05, 4.69) is 19.9 Å². The average Bonchev–Trinajstić information content (AvgIpc) is 2.85. The van der Waals surface area contributed by atoms with Gasteiger partial charge in [-0.05, 0) is 42.7 Å². The zero-order chi connectivity index (χ0) is 26.2. The number of hydrogen-bond acceptors (Lipinski definition) is 6. The van der Waals surface area contributed by atoms with Crippen LogP contribution >= 0.6 is 11.6 Å². The standard InChI is InChI=1S/C28H25ClF2N4O3/c29-23-11-22-25(12-26(23)38-21-3-5-35(6-4-21)20-14-37-15-20)33-27(34-28(22)36)7-16-1-2-24(32-13-16)17-8-18(30)10-19(31)9-17/h1-2,8-13,20-21H,3-7,14-15H2,(H,33,34,36). The topological polar surface area (TPSA) is 80.3 Å². The molecule has 0 bridgehead atoms. The Morgan fingerprint density at radius 1 is 1.08 bits per heavy atom. The Morgan fingerprint density at radius 3 is 2.50 bits per heavy atom. The molecule has 0 aliphatic carbocycles. The van der Waals surface area contributed by atoms with Crippen molar-refractivity contribution in [1.29, 1.82) is 0 Å². The van der Waals surface area contributed by atoms with Gasteiger partial charge in [-0.25, -0.2) is 13.8 Å². The molecule has 2 aliphatic heterocycles. The third-order valence-electron chi connectivity index (χ3n) is 7.07. The highest BCUT2D eigenvalue weighted by Crippen LogP contribution is 2.31. The molecule has 4 heterocycles. The first kappa shape index (κ1) is 24.9. The van der Waals surface area contributed by atoms with Crippen molar-refractivity contribution in [3.63, 3.8) is 0 Å². The van der Waals surface area contributed by atoms with E-state index in [1.807, 2.05) is 0 Å². The van der Waals surface area contributed by atoms with Crippen LogP contribution in [0.3, 0.4) is 0 Å². The summed E-state index contributed by atoms with van der Waals surface area (Å²) >= 11 is 6.47. The third kappa shape index (κ3) is 5.27. The van der Waals surface area contributed by atoms with E-state index < -0.39 is 11.6 Å². The van der Waals surface area contributed by atoms with Gasteiger partial charge in [-0.1, -0.05) is 17.7 Å². The smallest absolute Gasteiger partial charge is 0.258 e. The molecule has 2 aliphatic rings. The van der Waals surface area contributed by atoms with Crippen molar-refractivity contribution in [1.82, 2.24) is 19.9 Å². The molecule has 196 valence electrons. The molecular formula is C28H25ClF2N4O3. The van der Waals surface area contributed by atoms with E-state index in [1.165, 1.54) is 12.1 Å². The second-order valence-corrected chi connectivity index (χ2v) is 10.2. The number of nitrogens with zero attached hydrogens (tertiary/aromatic N) is 3. The zero-order valence-electron chi connectivity index (χ0n) is 20.4. The van der Waals surface area contributed by atoms with Crippen molar-refractivity contribution >= 4 is 22.5 Å². The molecule has 2 fully saturated rings. The monoisotopic (exact) mass is 538 g/mol. The second-order valence-electron chi connectivity index (χ2n) is 9.74. The average molecular weight is 539 g/mol. The van der Waals surface area contributed by atoms with Crippen LogP contribution in [0.4, 0.5) is 8.78 Å². The van der Waals surface area contributed by atoms with Crippen molar-refractivity contribution in [3.8, 4) is 17.0 Å². The Hall–Kier alpha value is -3.40. The maximum absolute atomic E-state index is 13.6. The van der Waals surface area contributed by atoms with Crippen LogP contribution in [0.25, 0.3) is 22.2 Å². The lowest BCUT2D eigenvalue weighted by atomic mass is 10.0. The Balaban J connectivity index is 1.18. The number of pyridine rings is 1. The number of rotatable bonds is 6. The normalized spacial score (nSPS) is 17.0. The summed E-state index contributed by atoms with van der Waals surface area (Å²) in [6.45, 7) is 3.51. The summed E-state index contributed by atoms with van der Waals surface area (Å²) in [4.78, 5) is 27.0. The second kappa shape index (κ2) is 10.4. The van der Waals surface area contributed by atoms with Crippen molar-refractivity contribution in [2.45, 2.75) is 31.4 Å². The van der Waals surface area contributed by atoms with Crippen LogP contribution < -0.4 is 10.3 Å². The first-order chi connectivity index (χ1) is 18.4. The van der Waals surface area contributed by atoms with E-state index in [4.69, 9.17) is 21.1 Å². The van der Waals surface area contributed by atoms with E-state index in [9.17, 15) is 13.6 Å². The lowest BCUT2D eigenvalue weighted by Gasteiger charge is -2.41. The number of aromatic amines is 1. The summed E-state index contributed by atoms with van der Waals surface area (Å²) < 4.78 is 38.7. The van der Waals surface area contributed by atoms with Crippen molar-refractivity contribution < 1.29 is 18.3 Å². The van der Waals surface area contributed by atoms with E-state index in [0.717, 1.165) is 50.8 Å². The predicted octanol–water partition coefficient (Wildman–Crippen LogP) is 4.75. The summed E-state index contributed by atoms with van der Waals surface area (Å²) in [5.41, 5.74) is 1.76. The fourth-order valence-corrected chi connectivity index (χ4v) is 5.14. The zero-order valence-corrected chi connectivity index (χ0v) is 21.2. The SMILES string of the molecule is O=c1[nH]c(Cc2ccc(-c3cc(F)cc(F)c3)nc2)nc2cc(OC3CCN(C4COC4)CC3)c(Cl)cc12. The van der Waals surface area contributed by atoms with Gasteiger partial charge in [0.05, 0.1) is 40.9 Å². The molecule has 0 radical (unpaired) electrons. The number of hydrogen-bond donors (Lipinski definition) is 1. The van der Waals surface area contributed by atoms with E-state index >= 15 is 0 Å². The van der Waals surface area contributed by atoms with Crippen molar-refractivity contribution in [2.24, 2.45) is 0 Å². The van der Waals surface area contributed by atoms with Gasteiger partial charge in [0.15, 0.2) is 0 Å². The minimum Gasteiger partial charge on any atom is -0.489 e. The number of aromatic nitrogens is 3. The summed E-state index contributed by atoms with van der Waals surface area (Å²) in [6, 6.07) is 10.6. The molecule has 38 heavy (non-hydrogen) atoms. The molecule has 7 nitrogen and oxygen atoms in total. The highest BCUT2D eigenvalue weighted by molar-refractivity contribution is 6.32. The summed E-state index contributed by atoms with van der Waals surface area (Å²) in [5, 5.41) is 0.758. The fourth-order valence-electron chi connectivity index (χ4n) is 4.93. The number of benzene rings is 2. The molecule has 0 spiro atoms. The highest BCUT2D eigenvalue weighted by atomic mass is 35.5. The van der Waals surface area contributed by atoms with Crippen LogP contribution in [0, 0.1) is 11.6 Å². The largest absolute Gasteiger partial charge is 0.489 e. The molecule has 2 saturated heterocycles. The molecule has 10 heteroatoms. The maximum Gasteiger partial charge on any atom is 0.258 e. The van der Waals surface area contributed by atoms with Crippen LogP contribution in [0.1, 0.15) is 24.2 Å². The number of ether oxygens (including phenoxy) is 2.